The van der Waals surface area contributed by atoms with Gasteiger partial charge in [-0.25, -0.2) is 0 Å². The standard InChI is InChI=1S/C12H21N3OS/c1-3-4-14-12(16)11(2)13-5-6-15-7-9-17-10-8-15/h1,11,13H,4-10H2,2H3,(H,14,16). The molecule has 4 nitrogen and oxygen atoms in total. The maximum absolute atomic E-state index is 11.5. The smallest absolute Gasteiger partial charge is 0.237 e. The van der Waals surface area contributed by atoms with Crippen LogP contribution in [0, 0.1) is 12.3 Å². The SMILES string of the molecule is C#CCNC(=O)C(C)NCCN1CCSCC1. The molecule has 17 heavy (non-hydrogen) atoms. The van der Waals surface area contributed by atoms with Crippen LogP contribution in [0.5, 0.6) is 0 Å². The molecular weight excluding hydrogens is 234 g/mol. The van der Waals surface area contributed by atoms with Crippen LogP contribution in [0.2, 0.25) is 0 Å². The molecule has 0 radical (unpaired) electrons. The number of terminal acetylenes is 1. The van der Waals surface area contributed by atoms with Crippen molar-refractivity contribution < 1.29 is 4.79 Å². The highest BCUT2D eigenvalue weighted by Crippen LogP contribution is 2.07. The highest BCUT2D eigenvalue weighted by atomic mass is 32.2. The summed E-state index contributed by atoms with van der Waals surface area (Å²) in [4.78, 5) is 13.9. The summed E-state index contributed by atoms with van der Waals surface area (Å²) in [5.41, 5.74) is 0. The summed E-state index contributed by atoms with van der Waals surface area (Å²) < 4.78 is 0. The highest BCUT2D eigenvalue weighted by molar-refractivity contribution is 7.99. The first-order chi connectivity index (χ1) is 8.24. The summed E-state index contributed by atoms with van der Waals surface area (Å²) in [7, 11) is 0. The van der Waals surface area contributed by atoms with E-state index in [-0.39, 0.29) is 11.9 Å². The fourth-order valence-electron chi connectivity index (χ4n) is 1.65. The molecule has 1 unspecified atom stereocenters. The molecule has 1 aliphatic heterocycles. The van der Waals surface area contributed by atoms with E-state index in [9.17, 15) is 4.79 Å². The number of hydrogen-bond donors (Lipinski definition) is 2. The molecule has 1 fully saturated rings. The van der Waals surface area contributed by atoms with E-state index >= 15 is 0 Å². The number of rotatable bonds is 6. The van der Waals surface area contributed by atoms with Gasteiger partial charge < -0.3 is 15.5 Å². The van der Waals surface area contributed by atoms with Crippen LogP contribution in [0.4, 0.5) is 0 Å². The van der Waals surface area contributed by atoms with E-state index in [1.54, 1.807) is 0 Å². The van der Waals surface area contributed by atoms with Gasteiger partial charge in [0.1, 0.15) is 0 Å². The molecule has 1 amide bonds. The van der Waals surface area contributed by atoms with Crippen LogP contribution >= 0.6 is 11.8 Å². The molecule has 0 aromatic carbocycles. The van der Waals surface area contributed by atoms with E-state index < -0.39 is 0 Å². The van der Waals surface area contributed by atoms with Gasteiger partial charge >= 0.3 is 0 Å². The Labute approximate surface area is 108 Å². The number of thioether (sulfide) groups is 1. The summed E-state index contributed by atoms with van der Waals surface area (Å²) in [6.45, 7) is 6.32. The molecule has 0 bridgehead atoms. The van der Waals surface area contributed by atoms with Crippen molar-refractivity contribution in [3.8, 4) is 12.3 Å². The molecule has 5 heteroatoms. The third-order valence-corrected chi connectivity index (χ3v) is 3.68. The first-order valence-corrected chi connectivity index (χ1v) is 7.14. The Morgan fingerprint density at radius 1 is 1.53 bits per heavy atom. The molecule has 96 valence electrons. The van der Waals surface area contributed by atoms with Crippen molar-refractivity contribution in [2.45, 2.75) is 13.0 Å². The van der Waals surface area contributed by atoms with Crippen LogP contribution in [0.3, 0.4) is 0 Å². The average molecular weight is 255 g/mol. The molecule has 1 rings (SSSR count). The molecule has 0 spiro atoms. The zero-order valence-electron chi connectivity index (χ0n) is 10.4. The molecule has 0 aliphatic carbocycles. The van der Waals surface area contributed by atoms with Crippen molar-refractivity contribution >= 4 is 17.7 Å². The Morgan fingerprint density at radius 3 is 2.88 bits per heavy atom. The average Bonchev–Trinajstić information content (AvgIpc) is 2.37. The molecule has 1 atom stereocenters. The van der Waals surface area contributed by atoms with Gasteiger partial charge in [-0.15, -0.1) is 6.42 Å². The first-order valence-electron chi connectivity index (χ1n) is 5.98. The summed E-state index contributed by atoms with van der Waals surface area (Å²) in [5.74, 6) is 4.80. The second-order valence-corrected chi connectivity index (χ2v) is 5.28. The van der Waals surface area contributed by atoms with Crippen molar-refractivity contribution in [1.29, 1.82) is 0 Å². The maximum Gasteiger partial charge on any atom is 0.237 e. The Kier molecular flexibility index (Phi) is 7.10. The molecule has 1 heterocycles. The van der Waals surface area contributed by atoms with Crippen LogP contribution in [0.25, 0.3) is 0 Å². The van der Waals surface area contributed by atoms with E-state index in [1.165, 1.54) is 11.5 Å². The minimum Gasteiger partial charge on any atom is -0.344 e. The molecule has 0 aromatic heterocycles. The largest absolute Gasteiger partial charge is 0.344 e. The van der Waals surface area contributed by atoms with Gasteiger partial charge in [-0.05, 0) is 6.92 Å². The van der Waals surface area contributed by atoms with Crippen molar-refractivity contribution in [2.24, 2.45) is 0 Å². The summed E-state index contributed by atoms with van der Waals surface area (Å²) >= 11 is 2.01. The fraction of sp³-hybridized carbons (Fsp3) is 0.750. The lowest BCUT2D eigenvalue weighted by Crippen LogP contribution is -2.45. The lowest BCUT2D eigenvalue weighted by Gasteiger charge is -2.26. The lowest BCUT2D eigenvalue weighted by atomic mass is 10.3. The van der Waals surface area contributed by atoms with Crippen molar-refractivity contribution in [2.75, 3.05) is 44.2 Å². The van der Waals surface area contributed by atoms with Crippen molar-refractivity contribution in [1.82, 2.24) is 15.5 Å². The molecule has 0 aromatic rings. The normalized spacial score (nSPS) is 18.4. The van der Waals surface area contributed by atoms with Crippen LogP contribution in [-0.4, -0.2) is 61.1 Å². The Morgan fingerprint density at radius 2 is 2.24 bits per heavy atom. The van der Waals surface area contributed by atoms with E-state index in [4.69, 9.17) is 6.42 Å². The van der Waals surface area contributed by atoms with E-state index in [2.05, 4.69) is 21.5 Å². The Bertz CT molecular complexity index is 271. The summed E-state index contributed by atoms with van der Waals surface area (Å²) in [5, 5.41) is 5.88. The lowest BCUT2D eigenvalue weighted by molar-refractivity contribution is -0.122. The second-order valence-electron chi connectivity index (χ2n) is 4.05. The minimum atomic E-state index is -0.178. The van der Waals surface area contributed by atoms with E-state index in [0.717, 1.165) is 26.2 Å². The highest BCUT2D eigenvalue weighted by Gasteiger charge is 2.13. The van der Waals surface area contributed by atoms with Gasteiger partial charge in [-0.2, -0.15) is 11.8 Å². The van der Waals surface area contributed by atoms with Gasteiger partial charge in [-0.3, -0.25) is 4.79 Å². The van der Waals surface area contributed by atoms with Gasteiger partial charge in [-0.1, -0.05) is 5.92 Å². The van der Waals surface area contributed by atoms with Gasteiger partial charge in [0.15, 0.2) is 0 Å². The molecule has 2 N–H and O–H groups in total. The molecule has 1 aliphatic rings. The maximum atomic E-state index is 11.5. The molecule has 0 saturated carbocycles. The van der Waals surface area contributed by atoms with Gasteiger partial charge in [0, 0.05) is 37.7 Å². The zero-order valence-corrected chi connectivity index (χ0v) is 11.2. The zero-order chi connectivity index (χ0) is 12.5. The third kappa shape index (κ3) is 5.97. The number of carbonyl (C=O) groups excluding carboxylic acids is 1. The number of carbonyl (C=O) groups is 1. The number of hydrogen-bond acceptors (Lipinski definition) is 4. The fourth-order valence-corrected chi connectivity index (χ4v) is 2.63. The van der Waals surface area contributed by atoms with Crippen LogP contribution < -0.4 is 10.6 Å². The summed E-state index contributed by atoms with van der Waals surface area (Å²) in [6.07, 6.45) is 5.08. The first kappa shape index (κ1) is 14.4. The predicted molar refractivity (Wildman–Crippen MR) is 73.1 cm³/mol. The van der Waals surface area contributed by atoms with Crippen LogP contribution in [-0.2, 0) is 4.79 Å². The quantitative estimate of drug-likeness (QED) is 0.643. The Balaban J connectivity index is 2.08. The van der Waals surface area contributed by atoms with E-state index in [1.807, 2.05) is 18.7 Å². The Hall–Kier alpha value is -0.700. The van der Waals surface area contributed by atoms with Crippen LogP contribution in [0.15, 0.2) is 0 Å². The number of nitrogens with zero attached hydrogens (tertiary/aromatic N) is 1. The summed E-state index contributed by atoms with van der Waals surface area (Å²) in [6, 6.07) is -0.178. The number of amides is 1. The van der Waals surface area contributed by atoms with Gasteiger partial charge in [0.25, 0.3) is 0 Å². The second kappa shape index (κ2) is 8.40. The minimum absolute atomic E-state index is 0.0304. The molecule has 1 saturated heterocycles. The monoisotopic (exact) mass is 255 g/mol. The van der Waals surface area contributed by atoms with Gasteiger partial charge in [0.2, 0.25) is 5.91 Å². The van der Waals surface area contributed by atoms with Crippen molar-refractivity contribution in [3.63, 3.8) is 0 Å². The topological polar surface area (TPSA) is 44.4 Å². The van der Waals surface area contributed by atoms with E-state index in [0.29, 0.717) is 6.54 Å². The predicted octanol–water partition coefficient (Wildman–Crippen LogP) is -0.237. The van der Waals surface area contributed by atoms with Gasteiger partial charge in [0.05, 0.1) is 12.6 Å². The third-order valence-electron chi connectivity index (χ3n) is 2.74. The number of nitrogens with one attached hydrogen (secondary N) is 2. The van der Waals surface area contributed by atoms with Crippen LogP contribution in [0.1, 0.15) is 6.92 Å². The molecular formula is C12H21N3OS. The van der Waals surface area contributed by atoms with Crippen molar-refractivity contribution in [3.05, 3.63) is 0 Å².